The number of carbonyl (C=O) groups is 1. The maximum Gasteiger partial charge on any atom is 0.252 e. The molecule has 0 aliphatic rings. The zero-order chi connectivity index (χ0) is 14.5. The van der Waals surface area contributed by atoms with Crippen LogP contribution in [0.1, 0.15) is 27.0 Å². The Bertz CT molecular complexity index is 670. The number of amides is 1. The van der Waals surface area contributed by atoms with Gasteiger partial charge in [-0.05, 0) is 42.3 Å². The van der Waals surface area contributed by atoms with Crippen LogP contribution in [-0.4, -0.2) is 5.91 Å². The molecule has 0 aliphatic heterocycles. The second-order valence-corrected chi connectivity index (χ2v) is 4.46. The van der Waals surface area contributed by atoms with Crippen LogP contribution in [0.3, 0.4) is 0 Å². The van der Waals surface area contributed by atoms with Crippen molar-refractivity contribution in [3.05, 3.63) is 64.7 Å². The maximum atomic E-state index is 11.3. The van der Waals surface area contributed by atoms with Crippen molar-refractivity contribution in [2.75, 3.05) is 0 Å². The van der Waals surface area contributed by atoms with Gasteiger partial charge in [0.1, 0.15) is 12.4 Å². The lowest BCUT2D eigenvalue weighted by atomic mass is 10.1. The van der Waals surface area contributed by atoms with Crippen LogP contribution in [0.2, 0.25) is 0 Å². The van der Waals surface area contributed by atoms with Crippen LogP contribution in [0.25, 0.3) is 0 Å². The summed E-state index contributed by atoms with van der Waals surface area (Å²) in [5.74, 6) is -0.0401. The summed E-state index contributed by atoms with van der Waals surface area (Å²) < 4.78 is 5.66. The summed E-state index contributed by atoms with van der Waals surface area (Å²) >= 11 is 0. The fraction of sp³-hybridized carbons (Fsp3) is 0.125. The minimum atomic E-state index is -0.514. The summed E-state index contributed by atoms with van der Waals surface area (Å²) in [5, 5.41) is 8.73. The van der Waals surface area contributed by atoms with Crippen molar-refractivity contribution in [3.8, 4) is 11.8 Å². The van der Waals surface area contributed by atoms with Gasteiger partial charge in [0, 0.05) is 0 Å². The van der Waals surface area contributed by atoms with E-state index in [0.29, 0.717) is 23.5 Å². The highest BCUT2D eigenvalue weighted by molar-refractivity contribution is 5.95. The molecular weight excluding hydrogens is 252 g/mol. The second-order valence-electron chi connectivity index (χ2n) is 4.46. The van der Waals surface area contributed by atoms with Crippen molar-refractivity contribution >= 4 is 5.91 Å². The summed E-state index contributed by atoms with van der Waals surface area (Å²) in [6, 6.07) is 14.4. The van der Waals surface area contributed by atoms with Crippen LogP contribution < -0.4 is 10.5 Å². The first-order valence-electron chi connectivity index (χ1n) is 6.12. The first-order valence-corrected chi connectivity index (χ1v) is 6.12. The second kappa shape index (κ2) is 5.89. The van der Waals surface area contributed by atoms with Gasteiger partial charge in [0.2, 0.25) is 0 Å². The molecule has 0 spiro atoms. The van der Waals surface area contributed by atoms with Crippen LogP contribution in [0.5, 0.6) is 5.75 Å². The summed E-state index contributed by atoms with van der Waals surface area (Å²) in [6.07, 6.45) is 0. The number of hydrogen-bond donors (Lipinski definition) is 1. The molecule has 0 fully saturated rings. The highest BCUT2D eigenvalue weighted by Gasteiger charge is 2.09. The average molecular weight is 266 g/mol. The molecule has 0 heterocycles. The van der Waals surface area contributed by atoms with E-state index in [4.69, 9.17) is 15.7 Å². The Morgan fingerprint density at radius 3 is 2.55 bits per heavy atom. The smallest absolute Gasteiger partial charge is 0.252 e. The van der Waals surface area contributed by atoms with Crippen LogP contribution >= 0.6 is 0 Å². The first-order chi connectivity index (χ1) is 9.60. The van der Waals surface area contributed by atoms with Gasteiger partial charge in [-0.2, -0.15) is 5.26 Å². The predicted octanol–water partition coefficient (Wildman–Crippen LogP) is 2.54. The molecule has 2 rings (SSSR count). The number of ether oxygens (including phenoxy) is 1. The standard InChI is InChI=1S/C16H14N2O2/c1-11-2-7-14(16(18)19)15(8-11)20-10-13-5-3-12(9-17)4-6-13/h2-8H,10H2,1H3,(H2,18,19). The van der Waals surface area contributed by atoms with Crippen LogP contribution in [0.15, 0.2) is 42.5 Å². The zero-order valence-electron chi connectivity index (χ0n) is 11.1. The molecule has 0 atom stereocenters. The van der Waals surface area contributed by atoms with E-state index in [0.717, 1.165) is 11.1 Å². The van der Waals surface area contributed by atoms with E-state index >= 15 is 0 Å². The highest BCUT2D eigenvalue weighted by Crippen LogP contribution is 2.21. The summed E-state index contributed by atoms with van der Waals surface area (Å²) in [5.41, 5.74) is 8.19. The van der Waals surface area contributed by atoms with Gasteiger partial charge in [0.05, 0.1) is 17.2 Å². The predicted molar refractivity (Wildman–Crippen MR) is 75.2 cm³/mol. The number of benzene rings is 2. The third kappa shape index (κ3) is 3.15. The van der Waals surface area contributed by atoms with Crippen LogP contribution in [0, 0.1) is 18.3 Å². The van der Waals surface area contributed by atoms with Crippen molar-refractivity contribution in [2.45, 2.75) is 13.5 Å². The first kappa shape index (κ1) is 13.6. The number of nitriles is 1. The quantitative estimate of drug-likeness (QED) is 0.923. The molecule has 0 aliphatic carbocycles. The van der Waals surface area contributed by atoms with Gasteiger partial charge in [0.15, 0.2) is 0 Å². The van der Waals surface area contributed by atoms with Crippen molar-refractivity contribution < 1.29 is 9.53 Å². The Kier molecular flexibility index (Phi) is 4.02. The lowest BCUT2D eigenvalue weighted by Crippen LogP contribution is -2.13. The third-order valence-electron chi connectivity index (χ3n) is 2.88. The van der Waals surface area contributed by atoms with Crippen molar-refractivity contribution in [1.29, 1.82) is 5.26 Å². The molecule has 4 nitrogen and oxygen atoms in total. The molecule has 2 N–H and O–H groups in total. The number of nitrogens with two attached hydrogens (primary N) is 1. The van der Waals surface area contributed by atoms with E-state index in [2.05, 4.69) is 6.07 Å². The number of aryl methyl sites for hydroxylation is 1. The SMILES string of the molecule is Cc1ccc(C(N)=O)c(OCc2ccc(C#N)cc2)c1. The van der Waals surface area contributed by atoms with Gasteiger partial charge in [-0.1, -0.05) is 18.2 Å². The van der Waals surface area contributed by atoms with Crippen LogP contribution in [-0.2, 0) is 6.61 Å². The Morgan fingerprint density at radius 2 is 1.95 bits per heavy atom. The van der Waals surface area contributed by atoms with Gasteiger partial charge in [-0.25, -0.2) is 0 Å². The van der Waals surface area contributed by atoms with E-state index < -0.39 is 5.91 Å². The minimum absolute atomic E-state index is 0.315. The third-order valence-corrected chi connectivity index (χ3v) is 2.88. The van der Waals surface area contributed by atoms with Crippen molar-refractivity contribution in [2.24, 2.45) is 5.73 Å². The van der Waals surface area contributed by atoms with E-state index in [-0.39, 0.29) is 0 Å². The molecule has 0 bridgehead atoms. The molecule has 4 heteroatoms. The van der Waals surface area contributed by atoms with Gasteiger partial charge in [-0.3, -0.25) is 4.79 Å². The van der Waals surface area contributed by atoms with Gasteiger partial charge < -0.3 is 10.5 Å². The summed E-state index contributed by atoms with van der Waals surface area (Å²) in [6.45, 7) is 2.23. The maximum absolute atomic E-state index is 11.3. The molecule has 2 aromatic rings. The Labute approximate surface area is 117 Å². The molecular formula is C16H14N2O2. The molecule has 0 unspecified atom stereocenters. The van der Waals surface area contributed by atoms with Crippen LogP contribution in [0.4, 0.5) is 0 Å². The topological polar surface area (TPSA) is 76.1 Å². The molecule has 2 aromatic carbocycles. The number of rotatable bonds is 4. The highest BCUT2D eigenvalue weighted by atomic mass is 16.5. The van der Waals surface area contributed by atoms with Crippen molar-refractivity contribution in [1.82, 2.24) is 0 Å². The zero-order valence-corrected chi connectivity index (χ0v) is 11.1. The Hall–Kier alpha value is -2.80. The lowest BCUT2D eigenvalue weighted by molar-refractivity contribution is 0.0996. The number of hydrogen-bond acceptors (Lipinski definition) is 3. The molecule has 0 saturated carbocycles. The number of nitrogens with zero attached hydrogens (tertiary/aromatic N) is 1. The molecule has 20 heavy (non-hydrogen) atoms. The fourth-order valence-electron chi connectivity index (χ4n) is 1.79. The molecule has 100 valence electrons. The molecule has 0 aromatic heterocycles. The summed E-state index contributed by atoms with van der Waals surface area (Å²) in [7, 11) is 0. The molecule has 1 amide bonds. The average Bonchev–Trinajstić information content (AvgIpc) is 2.45. The fourth-order valence-corrected chi connectivity index (χ4v) is 1.79. The normalized spacial score (nSPS) is 9.80. The largest absolute Gasteiger partial charge is 0.488 e. The Morgan fingerprint density at radius 1 is 1.25 bits per heavy atom. The lowest BCUT2D eigenvalue weighted by Gasteiger charge is -2.10. The minimum Gasteiger partial charge on any atom is -0.488 e. The van der Waals surface area contributed by atoms with E-state index in [1.807, 2.05) is 25.1 Å². The van der Waals surface area contributed by atoms with Gasteiger partial charge >= 0.3 is 0 Å². The monoisotopic (exact) mass is 266 g/mol. The van der Waals surface area contributed by atoms with Gasteiger partial charge in [0.25, 0.3) is 5.91 Å². The number of carbonyl (C=O) groups excluding carboxylic acids is 1. The molecule has 0 radical (unpaired) electrons. The van der Waals surface area contributed by atoms with Crippen molar-refractivity contribution in [3.63, 3.8) is 0 Å². The van der Waals surface area contributed by atoms with E-state index in [1.165, 1.54) is 0 Å². The number of primary amides is 1. The van der Waals surface area contributed by atoms with E-state index in [9.17, 15) is 4.79 Å². The molecule has 0 saturated heterocycles. The summed E-state index contributed by atoms with van der Waals surface area (Å²) in [4.78, 5) is 11.3. The van der Waals surface area contributed by atoms with Gasteiger partial charge in [-0.15, -0.1) is 0 Å². The van der Waals surface area contributed by atoms with E-state index in [1.54, 1.807) is 24.3 Å². The Balaban J connectivity index is 2.15.